The zero-order valence-corrected chi connectivity index (χ0v) is 12.6. The number of hydrogen-bond donors (Lipinski definition) is 2. The molecule has 0 unspecified atom stereocenters. The number of anilines is 3. The van der Waals surface area contributed by atoms with E-state index in [4.69, 9.17) is 5.26 Å². The van der Waals surface area contributed by atoms with Gasteiger partial charge >= 0.3 is 0 Å². The van der Waals surface area contributed by atoms with Gasteiger partial charge in [-0.1, -0.05) is 6.07 Å². The number of nitrogens with zero attached hydrogens (tertiary/aromatic N) is 3. The molecule has 1 aromatic carbocycles. The zero-order chi connectivity index (χ0) is 14.4. The van der Waals surface area contributed by atoms with Gasteiger partial charge in [-0.05, 0) is 40.5 Å². The maximum atomic E-state index is 8.51. The van der Waals surface area contributed by atoms with E-state index in [-0.39, 0.29) is 0 Å². The number of benzene rings is 1. The average molecular weight is 332 g/mol. The van der Waals surface area contributed by atoms with Crippen LogP contribution in [-0.4, -0.2) is 16.5 Å². The molecule has 2 N–H and O–H groups in total. The minimum Gasteiger partial charge on any atom is -0.369 e. The highest BCUT2D eigenvalue weighted by Crippen LogP contribution is 2.26. The second-order valence-electron chi connectivity index (χ2n) is 4.23. The second-order valence-corrected chi connectivity index (χ2v) is 5.09. The van der Waals surface area contributed by atoms with Crippen molar-refractivity contribution in [2.45, 2.75) is 13.3 Å². The molecule has 1 aromatic heterocycles. The van der Waals surface area contributed by atoms with Crippen molar-refractivity contribution in [2.24, 2.45) is 0 Å². The fourth-order valence-corrected chi connectivity index (χ4v) is 2.22. The lowest BCUT2D eigenvalue weighted by Gasteiger charge is -2.09. The van der Waals surface area contributed by atoms with E-state index < -0.39 is 0 Å². The van der Waals surface area contributed by atoms with Crippen molar-refractivity contribution in [3.8, 4) is 6.07 Å². The molecule has 5 nitrogen and oxygen atoms in total. The van der Waals surface area contributed by atoms with Crippen LogP contribution >= 0.6 is 15.9 Å². The Morgan fingerprint density at radius 1 is 1.25 bits per heavy atom. The second kappa shape index (κ2) is 6.87. The molecular weight excluding hydrogens is 318 g/mol. The molecule has 0 saturated heterocycles. The zero-order valence-electron chi connectivity index (χ0n) is 11.0. The smallest absolute Gasteiger partial charge is 0.135 e. The summed E-state index contributed by atoms with van der Waals surface area (Å²) in [7, 11) is 0. The fourth-order valence-electron chi connectivity index (χ4n) is 1.63. The van der Waals surface area contributed by atoms with Gasteiger partial charge in [-0.25, -0.2) is 9.97 Å². The van der Waals surface area contributed by atoms with E-state index in [0.29, 0.717) is 24.6 Å². The largest absolute Gasteiger partial charge is 0.369 e. The molecule has 0 atom stereocenters. The van der Waals surface area contributed by atoms with E-state index >= 15 is 0 Å². The van der Waals surface area contributed by atoms with Gasteiger partial charge in [-0.2, -0.15) is 5.26 Å². The summed E-state index contributed by atoms with van der Waals surface area (Å²) >= 11 is 3.52. The highest BCUT2D eigenvalue weighted by Gasteiger charge is 2.03. The lowest BCUT2D eigenvalue weighted by atomic mass is 10.2. The highest BCUT2D eigenvalue weighted by atomic mass is 79.9. The van der Waals surface area contributed by atoms with Crippen molar-refractivity contribution >= 4 is 33.3 Å². The third-order valence-electron chi connectivity index (χ3n) is 2.60. The maximum absolute atomic E-state index is 8.51. The number of aryl methyl sites for hydroxylation is 1. The first-order valence-electron chi connectivity index (χ1n) is 6.15. The Labute approximate surface area is 126 Å². The summed E-state index contributed by atoms with van der Waals surface area (Å²) in [6.45, 7) is 2.61. The van der Waals surface area contributed by atoms with Gasteiger partial charge in [0.1, 0.15) is 18.0 Å². The van der Waals surface area contributed by atoms with Crippen LogP contribution in [0.25, 0.3) is 0 Å². The van der Waals surface area contributed by atoms with Gasteiger partial charge in [0.25, 0.3) is 0 Å². The molecule has 0 aliphatic carbocycles. The molecule has 0 bridgehead atoms. The molecule has 0 spiro atoms. The first-order valence-corrected chi connectivity index (χ1v) is 6.94. The average Bonchev–Trinajstić information content (AvgIpc) is 2.43. The summed E-state index contributed by atoms with van der Waals surface area (Å²) < 4.78 is 0.982. The lowest BCUT2D eigenvalue weighted by molar-refractivity contribution is 1.04. The van der Waals surface area contributed by atoms with Gasteiger partial charge < -0.3 is 10.6 Å². The van der Waals surface area contributed by atoms with E-state index in [1.54, 1.807) is 0 Å². The summed E-state index contributed by atoms with van der Waals surface area (Å²) in [4.78, 5) is 8.28. The Morgan fingerprint density at radius 3 is 2.80 bits per heavy atom. The van der Waals surface area contributed by atoms with E-state index in [0.717, 1.165) is 10.2 Å². The molecule has 2 rings (SSSR count). The van der Waals surface area contributed by atoms with Crippen molar-refractivity contribution in [2.75, 3.05) is 17.2 Å². The molecule has 0 radical (unpaired) electrons. The third-order valence-corrected chi connectivity index (χ3v) is 3.25. The van der Waals surface area contributed by atoms with Crippen LogP contribution in [0, 0.1) is 18.3 Å². The normalized spacial score (nSPS) is 9.85. The van der Waals surface area contributed by atoms with Gasteiger partial charge in [0, 0.05) is 17.1 Å². The number of halogens is 1. The number of rotatable bonds is 5. The summed E-state index contributed by atoms with van der Waals surface area (Å²) in [6.07, 6.45) is 1.93. The Bertz CT molecular complexity index is 636. The van der Waals surface area contributed by atoms with Gasteiger partial charge in [-0.3, -0.25) is 0 Å². The van der Waals surface area contributed by atoms with Gasteiger partial charge in [0.15, 0.2) is 0 Å². The van der Waals surface area contributed by atoms with Gasteiger partial charge in [0.05, 0.1) is 18.2 Å². The lowest BCUT2D eigenvalue weighted by Crippen LogP contribution is -2.04. The third kappa shape index (κ3) is 3.93. The van der Waals surface area contributed by atoms with Crippen molar-refractivity contribution in [3.05, 3.63) is 40.6 Å². The molecule has 2 aromatic rings. The molecule has 6 heteroatoms. The first-order chi connectivity index (χ1) is 9.69. The van der Waals surface area contributed by atoms with Gasteiger partial charge in [0.2, 0.25) is 0 Å². The molecule has 0 fully saturated rings. The van der Waals surface area contributed by atoms with Crippen molar-refractivity contribution in [1.82, 2.24) is 9.97 Å². The Kier molecular flexibility index (Phi) is 4.91. The predicted molar refractivity (Wildman–Crippen MR) is 82.9 cm³/mol. The summed E-state index contributed by atoms with van der Waals surface area (Å²) in [6, 6.07) is 9.94. The van der Waals surface area contributed by atoms with Crippen LogP contribution in [0.2, 0.25) is 0 Å². The van der Waals surface area contributed by atoms with Crippen LogP contribution < -0.4 is 10.6 Å². The standard InChI is InChI=1S/C14H14BrN5/c1-10-3-4-12(11(15)7-10)20-14-8-13(18-9-19-14)17-6-2-5-16/h3-4,7-9H,2,6H2,1H3,(H2,17,18,19,20). The van der Waals surface area contributed by atoms with Crippen LogP contribution in [-0.2, 0) is 0 Å². The van der Waals surface area contributed by atoms with E-state index in [9.17, 15) is 0 Å². The summed E-state index contributed by atoms with van der Waals surface area (Å²) in [5.41, 5.74) is 2.13. The highest BCUT2D eigenvalue weighted by molar-refractivity contribution is 9.10. The molecular formula is C14H14BrN5. The number of nitriles is 1. The molecule has 0 amide bonds. The number of nitrogens with one attached hydrogen (secondary N) is 2. The minimum absolute atomic E-state index is 0.441. The molecule has 0 aliphatic rings. The molecule has 102 valence electrons. The Balaban J connectivity index is 2.09. The molecule has 0 aliphatic heterocycles. The Hall–Kier alpha value is -2.13. The van der Waals surface area contributed by atoms with Crippen molar-refractivity contribution in [1.29, 1.82) is 5.26 Å². The Morgan fingerprint density at radius 2 is 2.05 bits per heavy atom. The summed E-state index contributed by atoms with van der Waals surface area (Å²) in [5, 5.41) is 14.8. The predicted octanol–water partition coefficient (Wildman–Crippen LogP) is 3.62. The van der Waals surface area contributed by atoms with Crippen LogP contribution in [0.15, 0.2) is 35.1 Å². The SMILES string of the molecule is Cc1ccc(Nc2cc(NCCC#N)ncn2)c(Br)c1. The van der Waals surface area contributed by atoms with Crippen LogP contribution in [0.1, 0.15) is 12.0 Å². The van der Waals surface area contributed by atoms with E-state index in [2.05, 4.69) is 42.6 Å². The van der Waals surface area contributed by atoms with Crippen LogP contribution in [0.3, 0.4) is 0 Å². The van der Waals surface area contributed by atoms with Crippen molar-refractivity contribution in [3.63, 3.8) is 0 Å². The quantitative estimate of drug-likeness (QED) is 0.818. The molecule has 0 saturated carbocycles. The molecule has 20 heavy (non-hydrogen) atoms. The topological polar surface area (TPSA) is 73.6 Å². The number of aromatic nitrogens is 2. The van der Waals surface area contributed by atoms with E-state index in [1.807, 2.05) is 31.2 Å². The maximum Gasteiger partial charge on any atom is 0.135 e. The monoisotopic (exact) mass is 331 g/mol. The van der Waals surface area contributed by atoms with Crippen LogP contribution in [0.5, 0.6) is 0 Å². The van der Waals surface area contributed by atoms with Gasteiger partial charge in [-0.15, -0.1) is 0 Å². The number of hydrogen-bond acceptors (Lipinski definition) is 5. The van der Waals surface area contributed by atoms with Crippen molar-refractivity contribution < 1.29 is 0 Å². The molecule has 1 heterocycles. The first kappa shape index (κ1) is 14.3. The minimum atomic E-state index is 0.441. The van der Waals surface area contributed by atoms with Crippen LogP contribution in [0.4, 0.5) is 17.3 Å². The van der Waals surface area contributed by atoms with E-state index in [1.165, 1.54) is 11.9 Å². The summed E-state index contributed by atoms with van der Waals surface area (Å²) in [5.74, 6) is 1.39. The fraction of sp³-hybridized carbons (Fsp3) is 0.214.